The third kappa shape index (κ3) is 0.667. The molecule has 0 fully saturated rings. The minimum Gasteiger partial charge on any atom is -0.489 e. The molecule has 0 radical (unpaired) electrons. The molecule has 0 amide bonds. The second-order valence-corrected chi connectivity index (χ2v) is 2.48. The van der Waals surface area contributed by atoms with Crippen molar-refractivity contribution in [2.45, 2.75) is 12.8 Å². The Morgan fingerprint density at radius 2 is 2.60 bits per heavy atom. The van der Waals surface area contributed by atoms with Gasteiger partial charge in [-0.3, -0.25) is 0 Å². The van der Waals surface area contributed by atoms with Gasteiger partial charge in [0, 0.05) is 5.92 Å². The van der Waals surface area contributed by atoms with Crippen LogP contribution in [0.2, 0.25) is 0 Å². The van der Waals surface area contributed by atoms with E-state index in [1.807, 2.05) is 0 Å². The molecule has 0 saturated carbocycles. The van der Waals surface area contributed by atoms with Gasteiger partial charge in [-0.25, -0.2) is 9.97 Å². The van der Waals surface area contributed by atoms with Crippen LogP contribution in [0.1, 0.15) is 18.5 Å². The van der Waals surface area contributed by atoms with Gasteiger partial charge in [0.25, 0.3) is 0 Å². The summed E-state index contributed by atoms with van der Waals surface area (Å²) in [5.41, 5.74) is 1.04. The van der Waals surface area contributed by atoms with Crippen LogP contribution in [-0.4, -0.2) is 16.6 Å². The first-order valence-electron chi connectivity index (χ1n) is 3.30. The van der Waals surface area contributed by atoms with Crippen molar-refractivity contribution in [1.29, 1.82) is 0 Å². The van der Waals surface area contributed by atoms with E-state index in [9.17, 15) is 0 Å². The SMILES string of the molecule is CC1COc2cncnc21. The summed E-state index contributed by atoms with van der Waals surface area (Å²) in [6.07, 6.45) is 3.27. The number of rotatable bonds is 0. The van der Waals surface area contributed by atoms with Crippen LogP contribution in [0.25, 0.3) is 0 Å². The van der Waals surface area contributed by atoms with E-state index in [1.54, 1.807) is 12.5 Å². The van der Waals surface area contributed by atoms with Crippen LogP contribution in [0.5, 0.6) is 5.75 Å². The summed E-state index contributed by atoms with van der Waals surface area (Å²) < 4.78 is 5.29. The average molecular weight is 136 g/mol. The Morgan fingerprint density at radius 1 is 1.70 bits per heavy atom. The van der Waals surface area contributed by atoms with Crippen molar-refractivity contribution < 1.29 is 4.74 Å². The lowest BCUT2D eigenvalue weighted by Crippen LogP contribution is -1.94. The van der Waals surface area contributed by atoms with E-state index in [0.29, 0.717) is 5.92 Å². The summed E-state index contributed by atoms with van der Waals surface area (Å²) in [6.45, 7) is 2.84. The van der Waals surface area contributed by atoms with Gasteiger partial charge in [-0.15, -0.1) is 0 Å². The fourth-order valence-corrected chi connectivity index (χ4v) is 1.10. The lowest BCUT2D eigenvalue weighted by Gasteiger charge is -1.94. The molecule has 0 aliphatic carbocycles. The number of aromatic nitrogens is 2. The van der Waals surface area contributed by atoms with Gasteiger partial charge in [0.1, 0.15) is 6.33 Å². The van der Waals surface area contributed by atoms with Crippen molar-refractivity contribution in [2.75, 3.05) is 6.61 Å². The topological polar surface area (TPSA) is 35.0 Å². The third-order valence-corrected chi connectivity index (χ3v) is 1.66. The van der Waals surface area contributed by atoms with E-state index in [0.717, 1.165) is 18.1 Å². The summed E-state index contributed by atoms with van der Waals surface area (Å²) in [4.78, 5) is 7.96. The minimum absolute atomic E-state index is 0.429. The monoisotopic (exact) mass is 136 g/mol. The van der Waals surface area contributed by atoms with Crippen molar-refractivity contribution in [1.82, 2.24) is 9.97 Å². The molecular formula is C7H8N2O. The molecule has 1 aromatic heterocycles. The second kappa shape index (κ2) is 1.94. The average Bonchev–Trinajstić information content (AvgIpc) is 2.34. The van der Waals surface area contributed by atoms with Gasteiger partial charge < -0.3 is 4.74 Å². The standard InChI is InChI=1S/C7H8N2O/c1-5-3-10-6-2-8-4-9-7(5)6/h2,4-5H,3H2,1H3. The van der Waals surface area contributed by atoms with Gasteiger partial charge >= 0.3 is 0 Å². The van der Waals surface area contributed by atoms with Crippen LogP contribution in [0, 0.1) is 0 Å². The Morgan fingerprint density at radius 3 is 3.40 bits per heavy atom. The molecule has 3 heteroatoms. The predicted octanol–water partition coefficient (Wildman–Crippen LogP) is 0.973. The predicted molar refractivity (Wildman–Crippen MR) is 35.9 cm³/mol. The van der Waals surface area contributed by atoms with E-state index >= 15 is 0 Å². The Bertz CT molecular complexity index is 249. The second-order valence-electron chi connectivity index (χ2n) is 2.48. The molecule has 0 spiro atoms. The van der Waals surface area contributed by atoms with Gasteiger partial charge in [0.2, 0.25) is 0 Å². The zero-order chi connectivity index (χ0) is 6.97. The molecule has 0 aromatic carbocycles. The summed E-state index contributed by atoms with van der Waals surface area (Å²) in [5.74, 6) is 1.27. The van der Waals surface area contributed by atoms with E-state index in [-0.39, 0.29) is 0 Å². The Balaban J connectivity index is 2.51. The molecule has 10 heavy (non-hydrogen) atoms. The number of ether oxygens (including phenoxy) is 1. The highest BCUT2D eigenvalue weighted by Gasteiger charge is 2.20. The van der Waals surface area contributed by atoms with Gasteiger partial charge in [-0.1, -0.05) is 6.92 Å². The summed E-state index contributed by atoms with van der Waals surface area (Å²) >= 11 is 0. The molecule has 2 rings (SSSR count). The summed E-state index contributed by atoms with van der Waals surface area (Å²) in [7, 11) is 0. The molecule has 52 valence electrons. The highest BCUT2D eigenvalue weighted by atomic mass is 16.5. The Labute approximate surface area is 59.1 Å². The molecule has 3 nitrogen and oxygen atoms in total. The van der Waals surface area contributed by atoms with Gasteiger partial charge in [-0.05, 0) is 0 Å². The van der Waals surface area contributed by atoms with Crippen LogP contribution in [0.15, 0.2) is 12.5 Å². The number of nitrogens with zero attached hydrogens (tertiary/aromatic N) is 2. The smallest absolute Gasteiger partial charge is 0.159 e. The van der Waals surface area contributed by atoms with E-state index in [1.165, 1.54) is 0 Å². The number of hydrogen-bond acceptors (Lipinski definition) is 3. The minimum atomic E-state index is 0.429. The molecule has 0 N–H and O–H groups in total. The lowest BCUT2D eigenvalue weighted by atomic mass is 10.1. The fraction of sp³-hybridized carbons (Fsp3) is 0.429. The van der Waals surface area contributed by atoms with E-state index in [4.69, 9.17) is 4.74 Å². The van der Waals surface area contributed by atoms with Gasteiger partial charge in [-0.2, -0.15) is 0 Å². The lowest BCUT2D eigenvalue weighted by molar-refractivity contribution is 0.336. The number of fused-ring (bicyclic) bond motifs is 1. The summed E-state index contributed by atoms with van der Waals surface area (Å²) in [5, 5.41) is 0. The first-order valence-corrected chi connectivity index (χ1v) is 3.30. The molecule has 1 aliphatic heterocycles. The maximum absolute atomic E-state index is 5.29. The van der Waals surface area contributed by atoms with Crippen LogP contribution >= 0.6 is 0 Å². The van der Waals surface area contributed by atoms with Crippen molar-refractivity contribution in [3.05, 3.63) is 18.2 Å². The Kier molecular flexibility index (Phi) is 1.09. The maximum Gasteiger partial charge on any atom is 0.159 e. The van der Waals surface area contributed by atoms with Crippen LogP contribution in [0.3, 0.4) is 0 Å². The highest BCUT2D eigenvalue weighted by Crippen LogP contribution is 2.29. The van der Waals surface area contributed by atoms with Gasteiger partial charge in [0.15, 0.2) is 5.75 Å². The molecule has 2 heterocycles. The van der Waals surface area contributed by atoms with Crippen LogP contribution in [0.4, 0.5) is 0 Å². The zero-order valence-corrected chi connectivity index (χ0v) is 5.74. The largest absolute Gasteiger partial charge is 0.489 e. The highest BCUT2D eigenvalue weighted by molar-refractivity contribution is 5.30. The quantitative estimate of drug-likeness (QED) is 0.533. The molecule has 1 aliphatic rings. The normalized spacial score (nSPS) is 21.9. The zero-order valence-electron chi connectivity index (χ0n) is 5.74. The number of hydrogen-bond donors (Lipinski definition) is 0. The van der Waals surface area contributed by atoms with Crippen LogP contribution in [-0.2, 0) is 0 Å². The molecule has 0 saturated heterocycles. The molecule has 0 bridgehead atoms. The third-order valence-electron chi connectivity index (χ3n) is 1.66. The maximum atomic E-state index is 5.29. The first kappa shape index (κ1) is 5.65. The molecule has 1 aromatic rings. The van der Waals surface area contributed by atoms with Crippen molar-refractivity contribution in [3.8, 4) is 5.75 Å². The van der Waals surface area contributed by atoms with Crippen molar-refractivity contribution in [2.24, 2.45) is 0 Å². The van der Waals surface area contributed by atoms with E-state index in [2.05, 4.69) is 16.9 Å². The van der Waals surface area contributed by atoms with Crippen molar-refractivity contribution in [3.63, 3.8) is 0 Å². The van der Waals surface area contributed by atoms with Crippen LogP contribution < -0.4 is 4.74 Å². The van der Waals surface area contributed by atoms with E-state index < -0.39 is 0 Å². The van der Waals surface area contributed by atoms with Crippen molar-refractivity contribution >= 4 is 0 Å². The first-order chi connectivity index (χ1) is 4.88. The summed E-state index contributed by atoms with van der Waals surface area (Å²) in [6, 6.07) is 0. The fourth-order valence-electron chi connectivity index (χ4n) is 1.10. The van der Waals surface area contributed by atoms with Gasteiger partial charge in [0.05, 0.1) is 18.5 Å². The molecular weight excluding hydrogens is 128 g/mol. The molecule has 1 atom stereocenters. The molecule has 1 unspecified atom stereocenters. The Hall–Kier alpha value is -1.12.